The third-order valence-corrected chi connectivity index (χ3v) is 11.1. The Morgan fingerprint density at radius 1 is 0.710 bits per heavy atom. The van der Waals surface area contributed by atoms with E-state index in [2.05, 4.69) is 137 Å². The van der Waals surface area contributed by atoms with E-state index in [-0.39, 0.29) is 11.1 Å². The van der Waals surface area contributed by atoms with Gasteiger partial charge in [-0.25, -0.2) is 0 Å². The van der Waals surface area contributed by atoms with Crippen molar-refractivity contribution in [2.75, 3.05) is 6.61 Å². The molecule has 0 unspecified atom stereocenters. The van der Waals surface area contributed by atoms with Crippen LogP contribution in [0.5, 0.6) is 0 Å². The quantitative estimate of drug-likeness (QED) is 0.307. The second-order valence-electron chi connectivity index (χ2n) is 9.96. The van der Waals surface area contributed by atoms with E-state index >= 15 is 0 Å². The summed E-state index contributed by atoms with van der Waals surface area (Å²) in [7, 11) is -1.82. The average Bonchev–Trinajstić information content (AvgIpc) is 2.77. The smallest absolute Gasteiger partial charge is 0.192 e. The van der Waals surface area contributed by atoms with E-state index in [4.69, 9.17) is 4.43 Å². The molecule has 3 rings (SSSR count). The first-order valence-electron chi connectivity index (χ1n) is 11.2. The van der Waals surface area contributed by atoms with Gasteiger partial charge < -0.3 is 4.43 Å². The topological polar surface area (TPSA) is 21.3 Å². The summed E-state index contributed by atoms with van der Waals surface area (Å²) < 4.78 is 6.59. The minimum atomic E-state index is -1.82. The Morgan fingerprint density at radius 2 is 1.06 bits per heavy atom. The minimum absolute atomic E-state index is 0.162. The van der Waals surface area contributed by atoms with Gasteiger partial charge in [0, 0.05) is 12.6 Å². The van der Waals surface area contributed by atoms with Gasteiger partial charge >= 0.3 is 0 Å². The van der Waals surface area contributed by atoms with Gasteiger partial charge in [-0.2, -0.15) is 0 Å². The monoisotopic (exact) mass is 431 g/mol. The first-order valence-corrected chi connectivity index (χ1v) is 14.2. The van der Waals surface area contributed by atoms with Gasteiger partial charge in [-0.05, 0) is 41.7 Å². The lowest BCUT2D eigenvalue weighted by molar-refractivity contribution is 0.232. The van der Waals surface area contributed by atoms with Crippen molar-refractivity contribution in [1.82, 2.24) is 5.32 Å². The predicted octanol–water partition coefficient (Wildman–Crippen LogP) is 6.98. The zero-order chi connectivity index (χ0) is 22.5. The zero-order valence-corrected chi connectivity index (χ0v) is 20.9. The van der Waals surface area contributed by atoms with Gasteiger partial charge in [0.25, 0.3) is 0 Å². The number of hydrogen-bond acceptors (Lipinski definition) is 2. The maximum absolute atomic E-state index is 6.59. The molecule has 0 fully saturated rings. The molecule has 0 bridgehead atoms. The summed E-state index contributed by atoms with van der Waals surface area (Å²) in [6, 6.07) is 32.4. The molecule has 2 nitrogen and oxygen atoms in total. The molecule has 0 aromatic heterocycles. The molecule has 1 atom stereocenters. The fraction of sp³-hybridized carbons (Fsp3) is 0.357. The van der Waals surface area contributed by atoms with Crippen molar-refractivity contribution >= 4 is 8.32 Å². The van der Waals surface area contributed by atoms with E-state index < -0.39 is 13.9 Å². The Bertz CT molecular complexity index is 836. The van der Waals surface area contributed by atoms with Crippen LogP contribution in [0.15, 0.2) is 91.0 Å². The molecule has 3 aromatic carbocycles. The lowest BCUT2D eigenvalue weighted by Gasteiger charge is -2.41. The largest absolute Gasteiger partial charge is 0.415 e. The van der Waals surface area contributed by atoms with Gasteiger partial charge in [0.15, 0.2) is 8.32 Å². The highest BCUT2D eigenvalue weighted by atomic mass is 28.4. The highest BCUT2D eigenvalue weighted by Crippen LogP contribution is 2.39. The molecular formula is C28H37NOSi. The van der Waals surface area contributed by atoms with Crippen LogP contribution < -0.4 is 5.32 Å². The average molecular weight is 432 g/mol. The van der Waals surface area contributed by atoms with Crippen molar-refractivity contribution in [1.29, 1.82) is 0 Å². The molecule has 1 N–H and O–H groups in total. The lowest BCUT2D eigenvalue weighted by atomic mass is 9.76. The van der Waals surface area contributed by atoms with Crippen LogP contribution in [0, 0.1) is 0 Å². The Kier molecular flexibility index (Phi) is 7.20. The van der Waals surface area contributed by atoms with Crippen LogP contribution in [0.1, 0.15) is 44.4 Å². The van der Waals surface area contributed by atoms with Crippen molar-refractivity contribution in [3.05, 3.63) is 108 Å². The highest BCUT2D eigenvalue weighted by molar-refractivity contribution is 6.74. The van der Waals surface area contributed by atoms with Crippen LogP contribution in [-0.2, 0) is 9.96 Å². The second kappa shape index (κ2) is 9.52. The molecule has 0 saturated carbocycles. The van der Waals surface area contributed by atoms with Gasteiger partial charge in [0.05, 0.1) is 5.54 Å². The van der Waals surface area contributed by atoms with Crippen molar-refractivity contribution in [2.24, 2.45) is 0 Å². The number of nitrogens with one attached hydrogen (secondary N) is 1. The summed E-state index contributed by atoms with van der Waals surface area (Å²) in [6.07, 6.45) is 0. The second-order valence-corrected chi connectivity index (χ2v) is 14.8. The molecule has 0 aliphatic heterocycles. The van der Waals surface area contributed by atoms with E-state index in [9.17, 15) is 0 Å². The van der Waals surface area contributed by atoms with Gasteiger partial charge in [-0.15, -0.1) is 0 Å². The van der Waals surface area contributed by atoms with Gasteiger partial charge in [-0.3, -0.25) is 5.32 Å². The summed E-state index contributed by atoms with van der Waals surface area (Å²) in [5.41, 5.74) is 3.23. The fourth-order valence-corrected chi connectivity index (χ4v) is 4.88. The van der Waals surface area contributed by atoms with Crippen LogP contribution in [0.3, 0.4) is 0 Å². The SMILES string of the molecule is C[C@H](CO[Si](C)(C)C(C)(C)C)NC(c1ccccc1)(c1ccccc1)c1ccccc1. The summed E-state index contributed by atoms with van der Waals surface area (Å²) in [5.74, 6) is 0. The summed E-state index contributed by atoms with van der Waals surface area (Å²) in [6.45, 7) is 14.4. The molecule has 0 amide bonds. The summed E-state index contributed by atoms with van der Waals surface area (Å²) in [4.78, 5) is 0. The predicted molar refractivity (Wildman–Crippen MR) is 135 cm³/mol. The molecule has 0 radical (unpaired) electrons. The molecule has 0 aliphatic rings. The molecular weight excluding hydrogens is 394 g/mol. The highest BCUT2D eigenvalue weighted by Gasteiger charge is 2.40. The third kappa shape index (κ3) is 5.17. The molecule has 164 valence electrons. The molecule has 0 heterocycles. The Labute approximate surface area is 189 Å². The zero-order valence-electron chi connectivity index (χ0n) is 19.9. The fourth-order valence-electron chi connectivity index (χ4n) is 3.78. The summed E-state index contributed by atoms with van der Waals surface area (Å²) >= 11 is 0. The van der Waals surface area contributed by atoms with Crippen LogP contribution >= 0.6 is 0 Å². The third-order valence-electron chi connectivity index (χ3n) is 6.58. The molecule has 0 saturated heterocycles. The van der Waals surface area contributed by atoms with Crippen LogP contribution in [0.2, 0.25) is 18.1 Å². The molecule has 0 spiro atoms. The first-order chi connectivity index (χ1) is 14.7. The van der Waals surface area contributed by atoms with Crippen molar-refractivity contribution in [2.45, 2.75) is 57.4 Å². The van der Waals surface area contributed by atoms with Crippen LogP contribution in [0.25, 0.3) is 0 Å². The van der Waals surface area contributed by atoms with E-state index in [1.807, 2.05) is 0 Å². The Morgan fingerprint density at radius 3 is 1.39 bits per heavy atom. The van der Waals surface area contributed by atoms with Crippen molar-refractivity contribution < 1.29 is 4.43 Å². The van der Waals surface area contributed by atoms with Gasteiger partial charge in [0.2, 0.25) is 0 Å². The number of rotatable bonds is 8. The van der Waals surface area contributed by atoms with E-state index in [0.717, 1.165) is 0 Å². The van der Waals surface area contributed by atoms with Crippen LogP contribution in [-0.4, -0.2) is 21.0 Å². The van der Waals surface area contributed by atoms with Crippen LogP contribution in [0.4, 0.5) is 0 Å². The van der Waals surface area contributed by atoms with Gasteiger partial charge in [0.1, 0.15) is 0 Å². The molecule has 3 aromatic rings. The van der Waals surface area contributed by atoms with Gasteiger partial charge in [-0.1, -0.05) is 112 Å². The minimum Gasteiger partial charge on any atom is -0.415 e. The number of benzene rings is 3. The summed E-state index contributed by atoms with van der Waals surface area (Å²) in [5, 5.41) is 4.20. The maximum Gasteiger partial charge on any atom is 0.192 e. The van der Waals surface area contributed by atoms with E-state index in [1.54, 1.807) is 0 Å². The molecule has 31 heavy (non-hydrogen) atoms. The standard InChI is InChI=1S/C28H37NOSi/c1-23(22-30-31(5,6)27(2,3)4)29-28(24-16-10-7-11-17-24,25-18-12-8-13-19-25)26-20-14-9-15-21-26/h7-21,23,29H,22H2,1-6H3/t23-/m1/s1. The lowest BCUT2D eigenvalue weighted by Crippen LogP contribution is -2.52. The number of hydrogen-bond donors (Lipinski definition) is 1. The maximum atomic E-state index is 6.59. The Hall–Kier alpha value is -2.20. The van der Waals surface area contributed by atoms with E-state index in [0.29, 0.717) is 6.61 Å². The molecule has 3 heteroatoms. The first kappa shape index (κ1) is 23.5. The molecule has 0 aliphatic carbocycles. The Balaban J connectivity index is 2.04. The van der Waals surface area contributed by atoms with Crippen molar-refractivity contribution in [3.63, 3.8) is 0 Å². The normalized spacial score (nSPS) is 13.7. The van der Waals surface area contributed by atoms with Crippen molar-refractivity contribution in [3.8, 4) is 0 Å². The van der Waals surface area contributed by atoms with E-state index in [1.165, 1.54) is 16.7 Å².